The lowest BCUT2D eigenvalue weighted by molar-refractivity contribution is 0.102. The lowest BCUT2D eigenvalue weighted by atomic mass is 10.3. The minimum absolute atomic E-state index is 0.0942. The van der Waals surface area contributed by atoms with Crippen molar-refractivity contribution in [1.29, 1.82) is 0 Å². The van der Waals surface area contributed by atoms with Crippen LogP contribution < -0.4 is 10.1 Å². The van der Waals surface area contributed by atoms with Crippen LogP contribution >= 0.6 is 23.2 Å². The van der Waals surface area contributed by atoms with Gasteiger partial charge in [-0.25, -0.2) is 4.68 Å². The molecule has 1 aromatic carbocycles. The van der Waals surface area contributed by atoms with Gasteiger partial charge in [0, 0.05) is 25.5 Å². The Labute approximate surface area is 147 Å². The molecular weight excluding hydrogens is 353 g/mol. The summed E-state index contributed by atoms with van der Waals surface area (Å²) in [6.45, 7) is 0.0942. The van der Waals surface area contributed by atoms with Crippen molar-refractivity contribution in [2.75, 3.05) is 5.32 Å². The number of carbonyl (C=O) groups excluding carboxylic acids is 1. The molecule has 7 nitrogen and oxygen atoms in total. The van der Waals surface area contributed by atoms with E-state index in [1.807, 2.05) is 0 Å². The van der Waals surface area contributed by atoms with E-state index in [1.54, 1.807) is 54.5 Å². The van der Waals surface area contributed by atoms with Gasteiger partial charge in [0.05, 0.1) is 5.02 Å². The summed E-state index contributed by atoms with van der Waals surface area (Å²) in [5, 5.41) is 11.6. The zero-order chi connectivity index (χ0) is 17.1. The Balaban J connectivity index is 1.63. The zero-order valence-corrected chi connectivity index (χ0v) is 14.1. The number of ether oxygens (including phenoxy) is 1. The van der Waals surface area contributed by atoms with E-state index in [-0.39, 0.29) is 18.3 Å². The fourth-order valence-corrected chi connectivity index (χ4v) is 2.29. The van der Waals surface area contributed by atoms with Crippen LogP contribution in [0.15, 0.2) is 42.7 Å². The molecule has 0 fully saturated rings. The predicted octanol–water partition coefficient (Wildman–Crippen LogP) is 3.21. The highest BCUT2D eigenvalue weighted by Gasteiger charge is 2.12. The van der Waals surface area contributed by atoms with Crippen LogP contribution in [0, 0.1) is 0 Å². The van der Waals surface area contributed by atoms with Gasteiger partial charge in [-0.2, -0.15) is 10.2 Å². The van der Waals surface area contributed by atoms with Gasteiger partial charge in [0.25, 0.3) is 5.91 Å². The molecule has 24 heavy (non-hydrogen) atoms. The normalized spacial score (nSPS) is 10.6. The number of halogens is 2. The van der Waals surface area contributed by atoms with Gasteiger partial charge in [-0.3, -0.25) is 9.48 Å². The summed E-state index contributed by atoms with van der Waals surface area (Å²) in [5.41, 5.74) is 0.251. The Kier molecular flexibility index (Phi) is 4.73. The van der Waals surface area contributed by atoms with E-state index in [0.29, 0.717) is 21.6 Å². The summed E-state index contributed by atoms with van der Waals surface area (Å²) in [4.78, 5) is 12.1. The zero-order valence-electron chi connectivity index (χ0n) is 12.6. The highest BCUT2D eigenvalue weighted by Crippen LogP contribution is 2.31. The Morgan fingerprint density at radius 1 is 1.21 bits per heavy atom. The SMILES string of the molecule is Cn1ccc(NC(=O)c2ccn(COc3cccc(Cl)c3Cl)n2)n1. The highest BCUT2D eigenvalue weighted by atomic mass is 35.5. The van der Waals surface area contributed by atoms with Crippen LogP contribution in [-0.4, -0.2) is 25.5 Å². The molecule has 0 aliphatic rings. The summed E-state index contributed by atoms with van der Waals surface area (Å²) >= 11 is 12.0. The van der Waals surface area contributed by atoms with E-state index in [4.69, 9.17) is 27.9 Å². The number of rotatable bonds is 5. The van der Waals surface area contributed by atoms with Gasteiger partial charge in [0.15, 0.2) is 18.2 Å². The quantitative estimate of drug-likeness (QED) is 0.753. The van der Waals surface area contributed by atoms with Crippen molar-refractivity contribution in [3.8, 4) is 5.75 Å². The van der Waals surface area contributed by atoms with E-state index in [1.165, 1.54) is 4.68 Å². The third-order valence-electron chi connectivity index (χ3n) is 3.10. The number of nitrogens with one attached hydrogen (secondary N) is 1. The maximum atomic E-state index is 12.1. The second-order valence-electron chi connectivity index (χ2n) is 4.89. The number of hydrogen-bond donors (Lipinski definition) is 1. The number of amides is 1. The summed E-state index contributed by atoms with van der Waals surface area (Å²) in [6.07, 6.45) is 3.36. The Morgan fingerprint density at radius 3 is 2.79 bits per heavy atom. The average Bonchev–Trinajstić information content (AvgIpc) is 3.18. The summed E-state index contributed by atoms with van der Waals surface area (Å²) in [7, 11) is 1.77. The van der Waals surface area contributed by atoms with Crippen molar-refractivity contribution >= 4 is 34.9 Å². The van der Waals surface area contributed by atoms with Crippen LogP contribution in [0.2, 0.25) is 10.0 Å². The third-order valence-corrected chi connectivity index (χ3v) is 3.90. The fraction of sp³-hybridized carbons (Fsp3) is 0.133. The van der Waals surface area contributed by atoms with Crippen molar-refractivity contribution in [3.05, 3.63) is 58.5 Å². The van der Waals surface area contributed by atoms with Crippen molar-refractivity contribution in [1.82, 2.24) is 19.6 Å². The minimum Gasteiger partial charge on any atom is -0.470 e. The third kappa shape index (κ3) is 3.69. The Morgan fingerprint density at radius 2 is 2.04 bits per heavy atom. The van der Waals surface area contributed by atoms with Gasteiger partial charge < -0.3 is 10.1 Å². The second-order valence-corrected chi connectivity index (χ2v) is 5.68. The number of hydrogen-bond acceptors (Lipinski definition) is 4. The van der Waals surface area contributed by atoms with Crippen LogP contribution in [0.1, 0.15) is 10.5 Å². The molecule has 2 heterocycles. The molecule has 0 atom stereocenters. The number of anilines is 1. The van der Waals surface area contributed by atoms with Crippen LogP contribution in [0.5, 0.6) is 5.75 Å². The van der Waals surface area contributed by atoms with Crippen LogP contribution in [0.4, 0.5) is 5.82 Å². The van der Waals surface area contributed by atoms with Gasteiger partial charge >= 0.3 is 0 Å². The molecule has 2 aromatic heterocycles. The number of benzene rings is 1. The molecule has 0 bridgehead atoms. The first-order valence-electron chi connectivity index (χ1n) is 6.94. The van der Waals surface area contributed by atoms with E-state index in [2.05, 4.69) is 15.5 Å². The number of nitrogens with zero attached hydrogens (tertiary/aromatic N) is 4. The maximum Gasteiger partial charge on any atom is 0.277 e. The van der Waals surface area contributed by atoms with Crippen molar-refractivity contribution in [2.24, 2.45) is 7.05 Å². The van der Waals surface area contributed by atoms with Gasteiger partial charge in [-0.05, 0) is 18.2 Å². The maximum absolute atomic E-state index is 12.1. The van der Waals surface area contributed by atoms with E-state index < -0.39 is 0 Å². The molecule has 1 N–H and O–H groups in total. The number of aromatic nitrogens is 4. The van der Waals surface area contributed by atoms with Gasteiger partial charge in [0.1, 0.15) is 10.8 Å². The van der Waals surface area contributed by atoms with E-state index >= 15 is 0 Å². The Hall–Kier alpha value is -2.51. The molecule has 9 heteroatoms. The Bertz CT molecular complexity index is 874. The first-order valence-corrected chi connectivity index (χ1v) is 7.70. The molecule has 0 saturated heterocycles. The smallest absolute Gasteiger partial charge is 0.277 e. The predicted molar refractivity (Wildman–Crippen MR) is 90.5 cm³/mol. The number of aryl methyl sites for hydroxylation is 1. The van der Waals surface area contributed by atoms with Gasteiger partial charge in [-0.1, -0.05) is 29.3 Å². The van der Waals surface area contributed by atoms with Crippen molar-refractivity contribution in [2.45, 2.75) is 6.73 Å². The van der Waals surface area contributed by atoms with Crippen LogP contribution in [-0.2, 0) is 13.8 Å². The monoisotopic (exact) mass is 365 g/mol. The van der Waals surface area contributed by atoms with Crippen molar-refractivity contribution < 1.29 is 9.53 Å². The minimum atomic E-state index is -0.353. The molecule has 3 rings (SSSR count). The first-order chi connectivity index (χ1) is 11.5. The molecule has 0 spiro atoms. The van der Waals surface area contributed by atoms with Crippen molar-refractivity contribution in [3.63, 3.8) is 0 Å². The van der Waals surface area contributed by atoms with Crippen LogP contribution in [0.3, 0.4) is 0 Å². The summed E-state index contributed by atoms with van der Waals surface area (Å²) < 4.78 is 8.63. The summed E-state index contributed by atoms with van der Waals surface area (Å²) in [5.74, 6) is 0.548. The standard InChI is InChI=1S/C15H13Cl2N5O2/c1-21-7-6-13(20-21)18-15(23)11-5-8-22(19-11)9-24-12-4-2-3-10(16)14(12)17/h2-8H,9H2,1H3,(H,18,20,23). The lowest BCUT2D eigenvalue weighted by Gasteiger charge is -2.08. The molecule has 0 unspecified atom stereocenters. The molecule has 0 saturated carbocycles. The van der Waals surface area contributed by atoms with Gasteiger partial charge in [0.2, 0.25) is 0 Å². The van der Waals surface area contributed by atoms with Crippen LogP contribution in [0.25, 0.3) is 0 Å². The molecule has 0 radical (unpaired) electrons. The number of carbonyl (C=O) groups is 1. The first kappa shape index (κ1) is 16.4. The molecule has 124 valence electrons. The molecule has 1 amide bonds. The second kappa shape index (κ2) is 6.94. The summed E-state index contributed by atoms with van der Waals surface area (Å²) in [6, 6.07) is 8.38. The average molecular weight is 366 g/mol. The van der Waals surface area contributed by atoms with Gasteiger partial charge in [-0.15, -0.1) is 0 Å². The fourth-order valence-electron chi connectivity index (χ4n) is 1.95. The van der Waals surface area contributed by atoms with E-state index in [0.717, 1.165) is 0 Å². The highest BCUT2D eigenvalue weighted by molar-refractivity contribution is 6.42. The largest absolute Gasteiger partial charge is 0.470 e. The molecule has 0 aliphatic carbocycles. The van der Waals surface area contributed by atoms with E-state index in [9.17, 15) is 4.79 Å². The molecule has 3 aromatic rings. The topological polar surface area (TPSA) is 74.0 Å². The molecular formula is C15H13Cl2N5O2. The molecule has 0 aliphatic heterocycles. The lowest BCUT2D eigenvalue weighted by Crippen LogP contribution is -2.14.